The largest absolute Gasteiger partial charge is 0.286 e. The molecule has 0 aliphatic carbocycles. The molecule has 0 saturated heterocycles. The van der Waals surface area contributed by atoms with E-state index in [-0.39, 0.29) is 0 Å². The van der Waals surface area contributed by atoms with E-state index in [1.165, 1.54) is 5.56 Å². The number of nitrogens with two attached hydrogens (primary N) is 1. The molecule has 0 aromatic heterocycles. The Morgan fingerprint density at radius 2 is 1.71 bits per heavy atom. The molecule has 84 valence electrons. The maximum absolute atomic E-state index is 6.20. The molecule has 0 atom stereocenters. The molecule has 0 radical (unpaired) electrons. The molecule has 0 saturated carbocycles. The van der Waals surface area contributed by atoms with Crippen LogP contribution in [0.1, 0.15) is 11.1 Å². The van der Waals surface area contributed by atoms with Crippen LogP contribution in [0.2, 0.25) is 5.02 Å². The lowest BCUT2D eigenvalue weighted by atomic mass is 10.1. The summed E-state index contributed by atoms with van der Waals surface area (Å²) in [5, 5.41) is 0.725. The maximum atomic E-state index is 6.20. The van der Waals surface area contributed by atoms with Gasteiger partial charge in [0.25, 0.3) is 5.84 Å². The van der Waals surface area contributed by atoms with Crippen molar-refractivity contribution in [3.8, 4) is 0 Å². The van der Waals surface area contributed by atoms with E-state index < -0.39 is 0 Å². The molecule has 2 nitrogen and oxygen atoms in total. The Bertz CT molecular complexity index is 617. The van der Waals surface area contributed by atoms with Crippen LogP contribution in [-0.2, 0) is 6.54 Å². The van der Waals surface area contributed by atoms with E-state index in [1.807, 2.05) is 47.0 Å². The zero-order valence-electron chi connectivity index (χ0n) is 9.23. The van der Waals surface area contributed by atoms with Crippen molar-refractivity contribution >= 4 is 23.1 Å². The second-order valence-electron chi connectivity index (χ2n) is 4.08. The Labute approximate surface area is 105 Å². The number of fused-ring (bicyclic) bond motifs is 1. The summed E-state index contributed by atoms with van der Waals surface area (Å²) in [5.74, 6) is 0.772. The first kappa shape index (κ1) is 10.4. The van der Waals surface area contributed by atoms with E-state index in [0.717, 1.165) is 28.7 Å². The van der Waals surface area contributed by atoms with Crippen LogP contribution in [0.25, 0.3) is 0 Å². The van der Waals surface area contributed by atoms with E-state index in [4.69, 9.17) is 17.3 Å². The fourth-order valence-electron chi connectivity index (χ4n) is 2.19. The van der Waals surface area contributed by atoms with E-state index in [2.05, 4.69) is 6.07 Å². The predicted octanol–water partition coefficient (Wildman–Crippen LogP) is 2.90. The molecule has 2 N–H and O–H groups in total. The van der Waals surface area contributed by atoms with Gasteiger partial charge in [0.1, 0.15) is 12.2 Å². The van der Waals surface area contributed by atoms with Gasteiger partial charge in [-0.3, -0.25) is 5.73 Å². The van der Waals surface area contributed by atoms with Gasteiger partial charge in [0.05, 0.1) is 10.6 Å². The lowest BCUT2D eigenvalue weighted by Gasteiger charge is -2.04. The van der Waals surface area contributed by atoms with Gasteiger partial charge in [0.15, 0.2) is 0 Å². The SMILES string of the molecule is NC1=[N+](c2ccccc2Cl)Cc2ccccc21. The van der Waals surface area contributed by atoms with Crippen molar-refractivity contribution in [3.05, 3.63) is 64.7 Å². The molecular weight excluding hydrogens is 232 g/mol. The Kier molecular flexibility index (Phi) is 2.37. The minimum absolute atomic E-state index is 0.725. The number of amidine groups is 1. The Hall–Kier alpha value is -1.80. The third-order valence-electron chi connectivity index (χ3n) is 3.06. The standard InChI is InChI=1S/C14H11ClN2/c15-12-7-3-4-8-13(12)17-9-10-5-1-2-6-11(10)14(17)16/h1-8,16H,9H2/p+1. The van der Waals surface area contributed by atoms with Crippen molar-refractivity contribution in [2.45, 2.75) is 6.54 Å². The monoisotopic (exact) mass is 243 g/mol. The summed E-state index contributed by atoms with van der Waals surface area (Å²) in [5.41, 5.74) is 9.48. The van der Waals surface area contributed by atoms with Gasteiger partial charge in [0, 0.05) is 5.56 Å². The van der Waals surface area contributed by atoms with E-state index in [9.17, 15) is 0 Å². The zero-order valence-corrected chi connectivity index (χ0v) is 9.98. The molecular formula is C14H12ClN2+. The Morgan fingerprint density at radius 1 is 1.00 bits per heavy atom. The lowest BCUT2D eigenvalue weighted by molar-refractivity contribution is -0.453. The van der Waals surface area contributed by atoms with Crippen LogP contribution in [0.15, 0.2) is 48.5 Å². The fourth-order valence-corrected chi connectivity index (χ4v) is 2.43. The van der Waals surface area contributed by atoms with Crippen molar-refractivity contribution in [3.63, 3.8) is 0 Å². The van der Waals surface area contributed by atoms with E-state index in [0.29, 0.717) is 0 Å². The summed E-state index contributed by atoms with van der Waals surface area (Å²) in [7, 11) is 0. The van der Waals surface area contributed by atoms with Gasteiger partial charge in [-0.15, -0.1) is 0 Å². The number of para-hydroxylation sites is 1. The fraction of sp³-hybridized carbons (Fsp3) is 0.0714. The molecule has 1 heterocycles. The van der Waals surface area contributed by atoms with Crippen LogP contribution in [0.3, 0.4) is 0 Å². The van der Waals surface area contributed by atoms with Gasteiger partial charge >= 0.3 is 0 Å². The molecule has 3 heteroatoms. The van der Waals surface area contributed by atoms with Crippen molar-refractivity contribution in [2.24, 2.45) is 5.73 Å². The van der Waals surface area contributed by atoms with Crippen LogP contribution in [0, 0.1) is 0 Å². The smallest absolute Gasteiger partial charge is 0.280 e. The minimum atomic E-state index is 0.725. The van der Waals surface area contributed by atoms with Gasteiger partial charge < -0.3 is 0 Å². The summed E-state index contributed by atoms with van der Waals surface area (Å²) in [4.78, 5) is 0. The summed E-state index contributed by atoms with van der Waals surface area (Å²) >= 11 is 6.20. The highest BCUT2D eigenvalue weighted by Crippen LogP contribution is 2.29. The third kappa shape index (κ3) is 1.61. The number of nitrogens with zero attached hydrogens (tertiary/aromatic N) is 1. The summed E-state index contributed by atoms with van der Waals surface area (Å²) in [6.07, 6.45) is 0. The van der Waals surface area contributed by atoms with Crippen LogP contribution < -0.4 is 5.73 Å². The van der Waals surface area contributed by atoms with Crippen molar-refractivity contribution in [1.82, 2.24) is 0 Å². The van der Waals surface area contributed by atoms with Gasteiger partial charge in [-0.2, -0.15) is 0 Å². The summed E-state index contributed by atoms with van der Waals surface area (Å²) < 4.78 is 2.05. The summed E-state index contributed by atoms with van der Waals surface area (Å²) in [6, 6.07) is 15.9. The Balaban J connectivity index is 2.15. The van der Waals surface area contributed by atoms with E-state index in [1.54, 1.807) is 0 Å². The first-order valence-electron chi connectivity index (χ1n) is 5.50. The van der Waals surface area contributed by atoms with Crippen molar-refractivity contribution < 1.29 is 4.58 Å². The molecule has 2 aromatic carbocycles. The number of hydrogen-bond donors (Lipinski definition) is 1. The lowest BCUT2D eigenvalue weighted by Crippen LogP contribution is -2.20. The molecule has 3 rings (SSSR count). The minimum Gasteiger partial charge on any atom is -0.286 e. The molecule has 1 aliphatic heterocycles. The second-order valence-corrected chi connectivity index (χ2v) is 4.49. The number of halogens is 1. The zero-order chi connectivity index (χ0) is 11.8. The van der Waals surface area contributed by atoms with E-state index >= 15 is 0 Å². The average Bonchev–Trinajstić information content (AvgIpc) is 2.68. The molecule has 17 heavy (non-hydrogen) atoms. The van der Waals surface area contributed by atoms with Gasteiger partial charge in [-0.1, -0.05) is 41.9 Å². The third-order valence-corrected chi connectivity index (χ3v) is 3.38. The first-order valence-corrected chi connectivity index (χ1v) is 5.88. The molecule has 0 unspecified atom stereocenters. The topological polar surface area (TPSA) is 29.0 Å². The highest BCUT2D eigenvalue weighted by atomic mass is 35.5. The van der Waals surface area contributed by atoms with Gasteiger partial charge in [-0.25, -0.2) is 4.58 Å². The highest BCUT2D eigenvalue weighted by molar-refractivity contribution is 6.32. The van der Waals surface area contributed by atoms with Crippen LogP contribution in [0.5, 0.6) is 0 Å². The second kappa shape index (κ2) is 3.90. The quantitative estimate of drug-likeness (QED) is 0.767. The normalized spacial score (nSPS) is 13.9. The van der Waals surface area contributed by atoms with Gasteiger partial charge in [0.2, 0.25) is 0 Å². The number of benzene rings is 2. The van der Waals surface area contributed by atoms with Crippen LogP contribution in [-0.4, -0.2) is 10.4 Å². The van der Waals surface area contributed by atoms with Crippen molar-refractivity contribution in [1.29, 1.82) is 0 Å². The molecule has 0 amide bonds. The highest BCUT2D eigenvalue weighted by Gasteiger charge is 2.26. The average molecular weight is 244 g/mol. The first-order chi connectivity index (χ1) is 8.27. The van der Waals surface area contributed by atoms with Crippen molar-refractivity contribution in [2.75, 3.05) is 0 Å². The molecule has 0 spiro atoms. The van der Waals surface area contributed by atoms with Gasteiger partial charge in [-0.05, 0) is 18.2 Å². The molecule has 0 bridgehead atoms. The molecule has 1 aliphatic rings. The summed E-state index contributed by atoms with van der Waals surface area (Å²) in [6.45, 7) is 0.783. The number of rotatable bonds is 1. The number of hydrogen-bond acceptors (Lipinski definition) is 1. The molecule has 2 aromatic rings. The maximum Gasteiger partial charge on any atom is 0.280 e. The molecule has 0 fully saturated rings. The van der Waals surface area contributed by atoms with Crippen LogP contribution >= 0.6 is 11.6 Å². The predicted molar refractivity (Wildman–Crippen MR) is 69.8 cm³/mol. The van der Waals surface area contributed by atoms with Crippen LogP contribution in [0.4, 0.5) is 5.69 Å². The Morgan fingerprint density at radius 3 is 2.47 bits per heavy atom.